The normalized spacial score (nSPS) is 13.9. The standard InChI is InChI=1S/C23H20FN5O2/c24-17-8-16-9-20(29(22(16)26-10-17)12-15-4-2-1-3-5-15)23(31)27-18-6-7-21(25-11-18)28-13-19(30)14-28/h1-11,19,30H,12-14H2,(H,27,31). The minimum Gasteiger partial charge on any atom is -0.389 e. The number of benzene rings is 1. The molecule has 8 heteroatoms. The number of amides is 1. The molecule has 0 radical (unpaired) electrons. The van der Waals surface area contributed by atoms with E-state index in [2.05, 4.69) is 15.3 Å². The zero-order valence-electron chi connectivity index (χ0n) is 16.6. The monoisotopic (exact) mass is 417 g/mol. The van der Waals surface area contributed by atoms with Crippen molar-refractivity contribution in [1.29, 1.82) is 0 Å². The summed E-state index contributed by atoms with van der Waals surface area (Å²) in [4.78, 5) is 23.6. The number of nitrogens with one attached hydrogen (secondary N) is 1. The zero-order valence-corrected chi connectivity index (χ0v) is 16.6. The highest BCUT2D eigenvalue weighted by atomic mass is 19.1. The minimum atomic E-state index is -0.452. The number of nitrogens with zero attached hydrogens (tertiary/aromatic N) is 4. The van der Waals surface area contributed by atoms with Crippen molar-refractivity contribution in [2.24, 2.45) is 0 Å². The number of hydrogen-bond acceptors (Lipinski definition) is 5. The lowest BCUT2D eigenvalue weighted by Crippen LogP contribution is -2.51. The van der Waals surface area contributed by atoms with Crippen LogP contribution in [0.5, 0.6) is 0 Å². The molecule has 1 aromatic carbocycles. The molecular weight excluding hydrogens is 397 g/mol. The molecule has 2 N–H and O–H groups in total. The van der Waals surface area contributed by atoms with E-state index >= 15 is 0 Å². The van der Waals surface area contributed by atoms with Crippen molar-refractivity contribution >= 4 is 28.4 Å². The molecule has 0 saturated carbocycles. The molecule has 4 heterocycles. The summed E-state index contributed by atoms with van der Waals surface area (Å²) >= 11 is 0. The van der Waals surface area contributed by atoms with Crippen LogP contribution in [0.2, 0.25) is 0 Å². The molecule has 156 valence electrons. The molecule has 4 aromatic rings. The van der Waals surface area contributed by atoms with Gasteiger partial charge in [-0.3, -0.25) is 4.79 Å². The molecule has 1 fully saturated rings. The van der Waals surface area contributed by atoms with E-state index in [1.54, 1.807) is 29.0 Å². The van der Waals surface area contributed by atoms with Gasteiger partial charge in [-0.05, 0) is 29.8 Å². The number of fused-ring (bicyclic) bond motifs is 1. The highest BCUT2D eigenvalue weighted by Gasteiger charge is 2.25. The van der Waals surface area contributed by atoms with Crippen LogP contribution in [0.4, 0.5) is 15.9 Å². The summed E-state index contributed by atoms with van der Waals surface area (Å²) in [6, 6.07) is 16.3. The van der Waals surface area contributed by atoms with Crippen molar-refractivity contribution in [3.63, 3.8) is 0 Å². The van der Waals surface area contributed by atoms with E-state index in [0.29, 0.717) is 42.0 Å². The van der Waals surface area contributed by atoms with Gasteiger partial charge in [0.25, 0.3) is 5.91 Å². The van der Waals surface area contributed by atoms with E-state index in [4.69, 9.17) is 0 Å². The van der Waals surface area contributed by atoms with Gasteiger partial charge in [0.05, 0.1) is 24.2 Å². The fourth-order valence-electron chi connectivity index (χ4n) is 3.72. The highest BCUT2D eigenvalue weighted by Crippen LogP contribution is 2.23. The summed E-state index contributed by atoms with van der Waals surface area (Å²) in [5.41, 5.74) is 2.47. The third-order valence-electron chi connectivity index (χ3n) is 5.31. The van der Waals surface area contributed by atoms with Crippen LogP contribution < -0.4 is 10.2 Å². The molecule has 1 amide bonds. The molecule has 0 unspecified atom stereocenters. The first-order valence-electron chi connectivity index (χ1n) is 9.96. The highest BCUT2D eigenvalue weighted by molar-refractivity contribution is 6.06. The second-order valence-corrected chi connectivity index (χ2v) is 7.59. The molecule has 1 saturated heterocycles. The quantitative estimate of drug-likeness (QED) is 0.522. The molecule has 7 nitrogen and oxygen atoms in total. The Bertz CT molecular complexity index is 1230. The van der Waals surface area contributed by atoms with Crippen molar-refractivity contribution in [2.75, 3.05) is 23.3 Å². The van der Waals surface area contributed by atoms with Crippen LogP contribution in [-0.2, 0) is 6.54 Å². The third kappa shape index (κ3) is 3.85. The van der Waals surface area contributed by atoms with Gasteiger partial charge in [-0.25, -0.2) is 14.4 Å². The molecule has 5 rings (SSSR count). The fourth-order valence-corrected chi connectivity index (χ4v) is 3.72. The molecule has 0 aliphatic carbocycles. The van der Waals surface area contributed by atoms with Gasteiger partial charge >= 0.3 is 0 Å². The van der Waals surface area contributed by atoms with Crippen LogP contribution in [0.15, 0.2) is 67.0 Å². The number of hydrogen-bond donors (Lipinski definition) is 2. The summed E-state index contributed by atoms with van der Waals surface area (Å²) in [5.74, 6) is -0.0309. The molecule has 0 spiro atoms. The van der Waals surface area contributed by atoms with E-state index < -0.39 is 5.82 Å². The van der Waals surface area contributed by atoms with Crippen LogP contribution in [0.3, 0.4) is 0 Å². The number of halogens is 1. The summed E-state index contributed by atoms with van der Waals surface area (Å²) < 4.78 is 15.5. The Morgan fingerprint density at radius 3 is 2.61 bits per heavy atom. The van der Waals surface area contributed by atoms with Crippen molar-refractivity contribution in [3.05, 3.63) is 84.1 Å². The summed E-state index contributed by atoms with van der Waals surface area (Å²) in [6.07, 6.45) is 2.42. The van der Waals surface area contributed by atoms with Crippen LogP contribution in [0.1, 0.15) is 16.1 Å². The first-order valence-corrected chi connectivity index (χ1v) is 9.96. The average Bonchev–Trinajstić information content (AvgIpc) is 3.10. The molecule has 0 bridgehead atoms. The lowest BCUT2D eigenvalue weighted by molar-refractivity contribution is 0.101. The maximum atomic E-state index is 13.7. The lowest BCUT2D eigenvalue weighted by atomic mass is 10.2. The third-order valence-corrected chi connectivity index (χ3v) is 5.31. The minimum absolute atomic E-state index is 0.314. The Labute approximate surface area is 177 Å². The van der Waals surface area contributed by atoms with Gasteiger partial charge in [0, 0.05) is 25.0 Å². The van der Waals surface area contributed by atoms with Crippen LogP contribution in [-0.4, -0.2) is 44.7 Å². The maximum absolute atomic E-state index is 13.7. The van der Waals surface area contributed by atoms with Gasteiger partial charge in [-0.15, -0.1) is 0 Å². The predicted molar refractivity (Wildman–Crippen MR) is 116 cm³/mol. The predicted octanol–water partition coefficient (Wildman–Crippen LogP) is 3.05. The number of pyridine rings is 2. The second-order valence-electron chi connectivity index (χ2n) is 7.59. The number of carbonyl (C=O) groups excluding carboxylic acids is 1. The molecular formula is C23H20FN5O2. The molecule has 0 atom stereocenters. The first-order chi connectivity index (χ1) is 15.1. The largest absolute Gasteiger partial charge is 0.389 e. The summed E-state index contributed by atoms with van der Waals surface area (Å²) in [6.45, 7) is 1.55. The number of anilines is 2. The Kier molecular flexibility index (Phi) is 4.83. The average molecular weight is 417 g/mol. The lowest BCUT2D eigenvalue weighted by Gasteiger charge is -2.36. The van der Waals surface area contributed by atoms with E-state index in [1.165, 1.54) is 6.07 Å². The smallest absolute Gasteiger partial charge is 0.272 e. The first kappa shape index (κ1) is 19.2. The number of β-amino-alcohol motifs (C(OH)–C–C–N with tert-alkyl or cyclic N) is 1. The van der Waals surface area contributed by atoms with Crippen molar-refractivity contribution in [2.45, 2.75) is 12.6 Å². The number of aliphatic hydroxyl groups excluding tert-OH is 1. The van der Waals surface area contributed by atoms with Crippen molar-refractivity contribution < 1.29 is 14.3 Å². The Morgan fingerprint density at radius 2 is 1.90 bits per heavy atom. The molecule has 1 aliphatic rings. The molecule has 1 aliphatic heterocycles. The summed E-state index contributed by atoms with van der Waals surface area (Å²) in [7, 11) is 0. The van der Waals surface area contributed by atoms with Gasteiger partial charge in [-0.1, -0.05) is 30.3 Å². The van der Waals surface area contributed by atoms with Gasteiger partial charge in [0.1, 0.15) is 23.0 Å². The zero-order chi connectivity index (χ0) is 21.4. The van der Waals surface area contributed by atoms with Gasteiger partial charge in [-0.2, -0.15) is 0 Å². The molecule has 3 aromatic heterocycles. The van der Waals surface area contributed by atoms with Crippen LogP contribution in [0.25, 0.3) is 11.0 Å². The Balaban J connectivity index is 1.43. The van der Waals surface area contributed by atoms with Crippen LogP contribution >= 0.6 is 0 Å². The van der Waals surface area contributed by atoms with E-state index in [0.717, 1.165) is 17.6 Å². The molecule has 31 heavy (non-hydrogen) atoms. The van der Waals surface area contributed by atoms with Crippen molar-refractivity contribution in [1.82, 2.24) is 14.5 Å². The van der Waals surface area contributed by atoms with Gasteiger partial charge in [0.15, 0.2) is 0 Å². The second kappa shape index (κ2) is 7.81. The van der Waals surface area contributed by atoms with Gasteiger partial charge < -0.3 is 19.9 Å². The fraction of sp³-hybridized carbons (Fsp3) is 0.174. The number of carbonyl (C=O) groups is 1. The van der Waals surface area contributed by atoms with E-state index in [9.17, 15) is 14.3 Å². The van der Waals surface area contributed by atoms with E-state index in [1.807, 2.05) is 35.2 Å². The van der Waals surface area contributed by atoms with Gasteiger partial charge in [0.2, 0.25) is 0 Å². The van der Waals surface area contributed by atoms with Crippen LogP contribution in [0, 0.1) is 5.82 Å². The van der Waals surface area contributed by atoms with Crippen molar-refractivity contribution in [3.8, 4) is 0 Å². The number of aliphatic hydroxyl groups is 1. The van der Waals surface area contributed by atoms with E-state index in [-0.39, 0.29) is 12.0 Å². The summed E-state index contributed by atoms with van der Waals surface area (Å²) in [5, 5.41) is 12.9. The topological polar surface area (TPSA) is 83.3 Å². The maximum Gasteiger partial charge on any atom is 0.272 e. The number of rotatable bonds is 5. The Hall–Kier alpha value is -3.78. The SMILES string of the molecule is O=C(Nc1ccc(N2CC(O)C2)nc1)c1cc2cc(F)cnc2n1Cc1ccccc1. The number of aromatic nitrogens is 3. The Morgan fingerprint density at radius 1 is 1.10 bits per heavy atom.